The summed E-state index contributed by atoms with van der Waals surface area (Å²) in [5.74, 6) is 0. The van der Waals surface area contributed by atoms with Crippen LogP contribution in [0.4, 0.5) is 0 Å². The van der Waals surface area contributed by atoms with Crippen LogP contribution < -0.4 is 0 Å². The SMILES string of the molecule is Cc1c(C#N)nnc(C(C)(C)C)c1C(C)(C)C. The Kier molecular flexibility index (Phi) is 3.29. The molecule has 0 N–H and O–H groups in total. The van der Waals surface area contributed by atoms with Crippen LogP contribution in [0.25, 0.3) is 0 Å². The first kappa shape index (κ1) is 13.6. The summed E-state index contributed by atoms with van der Waals surface area (Å²) in [5, 5.41) is 17.4. The second kappa shape index (κ2) is 4.10. The minimum atomic E-state index is -0.0612. The first-order valence-corrected chi connectivity index (χ1v) is 5.87. The summed E-state index contributed by atoms with van der Waals surface area (Å²) >= 11 is 0. The Morgan fingerprint density at radius 1 is 0.941 bits per heavy atom. The predicted molar refractivity (Wildman–Crippen MR) is 68.9 cm³/mol. The lowest BCUT2D eigenvalue weighted by molar-refractivity contribution is 0.501. The molecule has 0 aliphatic carbocycles. The van der Waals surface area contributed by atoms with Gasteiger partial charge < -0.3 is 0 Å². The second-order valence-electron chi connectivity index (χ2n) is 6.51. The van der Waals surface area contributed by atoms with E-state index in [0.29, 0.717) is 5.69 Å². The highest BCUT2D eigenvalue weighted by Gasteiger charge is 2.30. The summed E-state index contributed by atoms with van der Waals surface area (Å²) in [4.78, 5) is 0. The first-order valence-electron chi connectivity index (χ1n) is 5.87. The van der Waals surface area contributed by atoms with Crippen molar-refractivity contribution < 1.29 is 0 Å². The molecule has 0 radical (unpaired) electrons. The minimum absolute atomic E-state index is 0.0335. The minimum Gasteiger partial charge on any atom is -0.191 e. The Labute approximate surface area is 104 Å². The quantitative estimate of drug-likeness (QED) is 0.688. The average Bonchev–Trinajstić information content (AvgIpc) is 2.13. The van der Waals surface area contributed by atoms with Gasteiger partial charge in [-0.05, 0) is 23.5 Å². The number of nitrogens with zero attached hydrogens (tertiary/aromatic N) is 3. The summed E-state index contributed by atoms with van der Waals surface area (Å²) in [6.45, 7) is 14.8. The molecule has 92 valence electrons. The van der Waals surface area contributed by atoms with Gasteiger partial charge in [0.1, 0.15) is 6.07 Å². The highest BCUT2D eigenvalue weighted by Crippen LogP contribution is 2.34. The fraction of sp³-hybridized carbons (Fsp3) is 0.643. The van der Waals surface area contributed by atoms with Crippen molar-refractivity contribution >= 4 is 0 Å². The van der Waals surface area contributed by atoms with E-state index in [9.17, 15) is 0 Å². The van der Waals surface area contributed by atoms with Crippen molar-refractivity contribution in [2.24, 2.45) is 0 Å². The van der Waals surface area contributed by atoms with E-state index in [1.165, 1.54) is 0 Å². The van der Waals surface area contributed by atoms with Crippen LogP contribution in [0.1, 0.15) is 64.1 Å². The van der Waals surface area contributed by atoms with Gasteiger partial charge in [0.05, 0.1) is 5.69 Å². The largest absolute Gasteiger partial charge is 0.191 e. The van der Waals surface area contributed by atoms with Crippen LogP contribution in [-0.2, 0) is 10.8 Å². The van der Waals surface area contributed by atoms with Gasteiger partial charge >= 0.3 is 0 Å². The van der Waals surface area contributed by atoms with Gasteiger partial charge in [-0.15, -0.1) is 5.10 Å². The average molecular weight is 231 g/mol. The van der Waals surface area contributed by atoms with Crippen molar-refractivity contribution in [1.82, 2.24) is 10.2 Å². The topological polar surface area (TPSA) is 49.6 Å². The van der Waals surface area contributed by atoms with E-state index >= 15 is 0 Å². The molecule has 0 atom stereocenters. The molecule has 0 fully saturated rings. The molecule has 1 heterocycles. The summed E-state index contributed by atoms with van der Waals surface area (Å²) in [5.41, 5.74) is 3.43. The third kappa shape index (κ3) is 2.63. The van der Waals surface area contributed by atoms with Crippen LogP contribution in [-0.4, -0.2) is 10.2 Å². The van der Waals surface area contributed by atoms with Crippen LogP contribution >= 0.6 is 0 Å². The summed E-state index contributed by atoms with van der Waals surface area (Å²) in [7, 11) is 0. The van der Waals surface area contributed by atoms with E-state index in [1.54, 1.807) is 0 Å². The highest BCUT2D eigenvalue weighted by atomic mass is 15.1. The van der Waals surface area contributed by atoms with E-state index in [2.05, 4.69) is 57.8 Å². The fourth-order valence-corrected chi connectivity index (χ4v) is 2.07. The molecular weight excluding hydrogens is 210 g/mol. The fourth-order valence-electron chi connectivity index (χ4n) is 2.07. The van der Waals surface area contributed by atoms with Crippen LogP contribution in [0.2, 0.25) is 0 Å². The lowest BCUT2D eigenvalue weighted by atomic mass is 9.76. The van der Waals surface area contributed by atoms with Gasteiger partial charge in [-0.25, -0.2) is 0 Å². The molecule has 17 heavy (non-hydrogen) atoms. The van der Waals surface area contributed by atoms with Crippen LogP contribution in [0, 0.1) is 18.3 Å². The molecular formula is C14H21N3. The number of aromatic nitrogens is 2. The van der Waals surface area contributed by atoms with E-state index in [4.69, 9.17) is 5.26 Å². The number of rotatable bonds is 0. The molecule has 0 aliphatic rings. The highest BCUT2D eigenvalue weighted by molar-refractivity contribution is 5.43. The second-order valence-corrected chi connectivity index (χ2v) is 6.51. The third-order valence-corrected chi connectivity index (χ3v) is 2.78. The van der Waals surface area contributed by atoms with Gasteiger partial charge in [-0.1, -0.05) is 41.5 Å². The third-order valence-electron chi connectivity index (χ3n) is 2.78. The molecule has 1 aromatic heterocycles. The molecule has 0 saturated carbocycles. The summed E-state index contributed by atoms with van der Waals surface area (Å²) in [6, 6.07) is 2.11. The molecule has 0 aromatic carbocycles. The van der Waals surface area contributed by atoms with Gasteiger partial charge in [0.2, 0.25) is 0 Å². The Balaban J connectivity index is 3.67. The van der Waals surface area contributed by atoms with Gasteiger partial charge in [-0.3, -0.25) is 0 Å². The van der Waals surface area contributed by atoms with Crippen molar-refractivity contribution in [1.29, 1.82) is 5.26 Å². The molecule has 3 heteroatoms. The van der Waals surface area contributed by atoms with Crippen LogP contribution in [0.3, 0.4) is 0 Å². The number of hydrogen-bond donors (Lipinski definition) is 0. The van der Waals surface area contributed by atoms with Crippen LogP contribution in [0.15, 0.2) is 0 Å². The molecule has 0 unspecified atom stereocenters. The molecule has 3 nitrogen and oxygen atoms in total. The zero-order valence-corrected chi connectivity index (χ0v) is 11.8. The van der Waals surface area contributed by atoms with Gasteiger partial charge in [0.15, 0.2) is 5.69 Å². The molecule has 0 bridgehead atoms. The van der Waals surface area contributed by atoms with Crippen LogP contribution in [0.5, 0.6) is 0 Å². The smallest absolute Gasteiger partial charge is 0.166 e. The number of nitriles is 1. The van der Waals surface area contributed by atoms with E-state index in [1.807, 2.05) is 6.92 Å². The van der Waals surface area contributed by atoms with Gasteiger partial charge in [0, 0.05) is 5.41 Å². The van der Waals surface area contributed by atoms with Crippen molar-refractivity contribution in [3.63, 3.8) is 0 Å². The first-order chi connectivity index (χ1) is 7.59. The zero-order valence-electron chi connectivity index (χ0n) is 11.8. The predicted octanol–water partition coefficient (Wildman–Crippen LogP) is 3.25. The van der Waals surface area contributed by atoms with Gasteiger partial charge in [0.25, 0.3) is 0 Å². The molecule has 0 aliphatic heterocycles. The molecule has 1 aromatic rings. The summed E-state index contributed by atoms with van der Waals surface area (Å²) in [6.07, 6.45) is 0. The maximum absolute atomic E-state index is 9.05. The van der Waals surface area contributed by atoms with Crippen molar-refractivity contribution in [2.45, 2.75) is 59.3 Å². The Morgan fingerprint density at radius 3 is 1.82 bits per heavy atom. The van der Waals surface area contributed by atoms with Crippen molar-refractivity contribution in [3.8, 4) is 6.07 Å². The van der Waals surface area contributed by atoms with E-state index in [-0.39, 0.29) is 10.8 Å². The van der Waals surface area contributed by atoms with Crippen molar-refractivity contribution in [2.75, 3.05) is 0 Å². The standard InChI is InChI=1S/C14H21N3/c1-9-10(8-15)16-17-12(14(5,6)7)11(9)13(2,3)4/h1-7H3. The Morgan fingerprint density at radius 2 is 1.47 bits per heavy atom. The number of hydrogen-bond acceptors (Lipinski definition) is 3. The maximum Gasteiger partial charge on any atom is 0.166 e. The molecule has 0 amide bonds. The summed E-state index contributed by atoms with van der Waals surface area (Å²) < 4.78 is 0. The molecule has 0 saturated heterocycles. The van der Waals surface area contributed by atoms with E-state index < -0.39 is 0 Å². The van der Waals surface area contributed by atoms with Gasteiger partial charge in [-0.2, -0.15) is 10.4 Å². The molecule has 1 rings (SSSR count). The maximum atomic E-state index is 9.05. The normalized spacial score (nSPS) is 12.4. The monoisotopic (exact) mass is 231 g/mol. The zero-order chi connectivity index (χ0) is 13.4. The van der Waals surface area contributed by atoms with E-state index in [0.717, 1.165) is 16.8 Å². The lowest BCUT2D eigenvalue weighted by Crippen LogP contribution is -2.26. The molecule has 0 spiro atoms. The van der Waals surface area contributed by atoms with Crippen molar-refractivity contribution in [3.05, 3.63) is 22.5 Å². The Hall–Kier alpha value is -1.43. The lowest BCUT2D eigenvalue weighted by Gasteiger charge is -2.29. The Bertz CT molecular complexity index is 468.